The van der Waals surface area contributed by atoms with Crippen LogP contribution in [0.4, 0.5) is 0 Å². The summed E-state index contributed by atoms with van der Waals surface area (Å²) in [4.78, 5) is 8.23. The Balaban J connectivity index is 2.20. The van der Waals surface area contributed by atoms with Gasteiger partial charge in [0.1, 0.15) is 5.82 Å². The van der Waals surface area contributed by atoms with E-state index in [4.69, 9.17) is 5.26 Å². The lowest BCUT2D eigenvalue weighted by atomic mass is 10.5. The molecule has 1 rings (SSSR count). The molecule has 0 unspecified atom stereocenters. The molecule has 0 radical (unpaired) electrons. The Labute approximate surface area is 112 Å². The highest BCUT2D eigenvalue weighted by Gasteiger charge is 2.02. The Morgan fingerprint density at radius 1 is 1.67 bits per heavy atom. The number of aryl methyl sites for hydroxylation is 1. The average Bonchev–Trinajstić information content (AvgIpc) is 2.69. The molecule has 18 heavy (non-hydrogen) atoms. The van der Waals surface area contributed by atoms with Crippen molar-refractivity contribution in [3.8, 4) is 6.19 Å². The summed E-state index contributed by atoms with van der Waals surface area (Å²) in [5.74, 6) is 3.40. The Kier molecular flexibility index (Phi) is 6.08. The van der Waals surface area contributed by atoms with Crippen molar-refractivity contribution in [1.29, 1.82) is 5.26 Å². The third-order valence-electron chi connectivity index (χ3n) is 2.48. The van der Waals surface area contributed by atoms with E-state index in [0.29, 0.717) is 5.96 Å². The number of nitrogens with one attached hydrogen (secondary N) is 2. The number of thioether (sulfide) groups is 1. The van der Waals surface area contributed by atoms with E-state index in [0.717, 1.165) is 23.9 Å². The Morgan fingerprint density at radius 2 is 2.44 bits per heavy atom. The van der Waals surface area contributed by atoms with Gasteiger partial charge >= 0.3 is 0 Å². The second kappa shape index (κ2) is 7.61. The summed E-state index contributed by atoms with van der Waals surface area (Å²) in [5.41, 5.74) is 1.17. The zero-order chi connectivity index (χ0) is 13.4. The highest BCUT2D eigenvalue weighted by molar-refractivity contribution is 7.98. The maximum absolute atomic E-state index is 8.45. The van der Waals surface area contributed by atoms with Gasteiger partial charge in [-0.1, -0.05) is 0 Å². The summed E-state index contributed by atoms with van der Waals surface area (Å²) < 4.78 is 2.09. The predicted octanol–water partition coefficient (Wildman–Crippen LogP) is 0.608. The first kappa shape index (κ1) is 14.4. The van der Waals surface area contributed by atoms with E-state index >= 15 is 0 Å². The summed E-state index contributed by atoms with van der Waals surface area (Å²) in [6.07, 6.45) is 3.71. The van der Waals surface area contributed by atoms with Crippen LogP contribution in [0.1, 0.15) is 11.5 Å². The summed E-state index contributed by atoms with van der Waals surface area (Å²) >= 11 is 1.79. The number of guanidine groups is 1. The molecule has 2 N–H and O–H groups in total. The lowest BCUT2D eigenvalue weighted by Crippen LogP contribution is -2.35. The van der Waals surface area contributed by atoms with Gasteiger partial charge in [0.25, 0.3) is 0 Å². The molecule has 1 aromatic heterocycles. The minimum Gasteiger partial charge on any atom is -0.355 e. The lowest BCUT2D eigenvalue weighted by molar-refractivity contribution is 0.819. The van der Waals surface area contributed by atoms with Crippen LogP contribution < -0.4 is 10.6 Å². The lowest BCUT2D eigenvalue weighted by Gasteiger charge is -2.07. The first-order valence-electron chi connectivity index (χ1n) is 5.59. The van der Waals surface area contributed by atoms with Gasteiger partial charge in [0.15, 0.2) is 6.19 Å². The summed E-state index contributed by atoms with van der Waals surface area (Å²) in [7, 11) is 3.66. The molecule has 7 heteroatoms. The molecule has 0 fully saturated rings. The number of aromatic nitrogens is 2. The van der Waals surface area contributed by atoms with Crippen LogP contribution in [-0.2, 0) is 12.8 Å². The van der Waals surface area contributed by atoms with E-state index < -0.39 is 0 Å². The molecule has 98 valence electrons. The van der Waals surface area contributed by atoms with Crippen molar-refractivity contribution in [2.75, 3.05) is 19.3 Å². The van der Waals surface area contributed by atoms with Crippen LogP contribution in [0.5, 0.6) is 0 Å². The van der Waals surface area contributed by atoms with E-state index in [9.17, 15) is 0 Å². The number of hydrogen-bond acceptors (Lipinski definition) is 4. The number of aliphatic imine (C=N–C) groups is 1. The molecule has 1 heterocycles. The second-order valence-electron chi connectivity index (χ2n) is 3.66. The standard InChI is InChI=1S/C11H18N6S/c1-9-6-15-10(17(9)3)7-18-5-4-14-11(13-2)16-8-12/h6H,4-5,7H2,1-3H3,(H2,13,14,16). The molecular formula is C11H18N6S. The number of imidazole rings is 1. The van der Waals surface area contributed by atoms with Crippen LogP contribution in [0.25, 0.3) is 0 Å². The van der Waals surface area contributed by atoms with Gasteiger partial charge in [-0.2, -0.15) is 17.0 Å². The fraction of sp³-hybridized carbons (Fsp3) is 0.545. The highest BCUT2D eigenvalue weighted by atomic mass is 32.2. The fourth-order valence-electron chi connectivity index (χ4n) is 1.32. The normalized spacial score (nSPS) is 11.1. The number of nitrogens with zero attached hydrogens (tertiary/aromatic N) is 4. The maximum atomic E-state index is 8.45. The van der Waals surface area contributed by atoms with Crippen molar-refractivity contribution in [1.82, 2.24) is 20.2 Å². The van der Waals surface area contributed by atoms with Gasteiger partial charge in [0.05, 0.1) is 5.75 Å². The zero-order valence-corrected chi connectivity index (χ0v) is 11.7. The first-order valence-corrected chi connectivity index (χ1v) is 6.75. The van der Waals surface area contributed by atoms with Crippen molar-refractivity contribution in [3.05, 3.63) is 17.7 Å². The van der Waals surface area contributed by atoms with Gasteiger partial charge in [-0.3, -0.25) is 10.3 Å². The van der Waals surface area contributed by atoms with E-state index in [1.165, 1.54) is 5.69 Å². The molecule has 0 aliphatic rings. The predicted molar refractivity (Wildman–Crippen MR) is 74.2 cm³/mol. The minimum absolute atomic E-state index is 0.505. The van der Waals surface area contributed by atoms with E-state index in [2.05, 4.69) is 25.2 Å². The topological polar surface area (TPSA) is 78.0 Å². The summed E-state index contributed by atoms with van der Waals surface area (Å²) in [5, 5.41) is 14.0. The van der Waals surface area contributed by atoms with Crippen molar-refractivity contribution in [3.63, 3.8) is 0 Å². The SMILES string of the molecule is C/N=C(\NC#N)NCCSCc1ncc(C)n1C. The average molecular weight is 266 g/mol. The molecule has 0 spiro atoms. The second-order valence-corrected chi connectivity index (χ2v) is 4.77. The third-order valence-corrected chi connectivity index (χ3v) is 3.44. The molecule has 0 saturated heterocycles. The molecule has 0 aromatic carbocycles. The van der Waals surface area contributed by atoms with Gasteiger partial charge in [-0.05, 0) is 6.92 Å². The van der Waals surface area contributed by atoms with Crippen LogP contribution in [-0.4, -0.2) is 34.9 Å². The monoisotopic (exact) mass is 266 g/mol. The van der Waals surface area contributed by atoms with Crippen LogP contribution in [0, 0.1) is 18.4 Å². The Morgan fingerprint density at radius 3 is 3.00 bits per heavy atom. The minimum atomic E-state index is 0.505. The van der Waals surface area contributed by atoms with Gasteiger partial charge in [-0.15, -0.1) is 0 Å². The fourth-order valence-corrected chi connectivity index (χ4v) is 2.16. The quantitative estimate of drug-likeness (QED) is 0.268. The first-order chi connectivity index (χ1) is 8.69. The number of hydrogen-bond donors (Lipinski definition) is 2. The van der Waals surface area contributed by atoms with Crippen LogP contribution >= 0.6 is 11.8 Å². The molecule has 0 aliphatic heterocycles. The molecule has 0 bridgehead atoms. The highest BCUT2D eigenvalue weighted by Crippen LogP contribution is 2.10. The zero-order valence-electron chi connectivity index (χ0n) is 10.9. The van der Waals surface area contributed by atoms with E-state index in [1.54, 1.807) is 18.8 Å². The van der Waals surface area contributed by atoms with Crippen molar-refractivity contribution < 1.29 is 0 Å². The van der Waals surface area contributed by atoms with E-state index in [1.807, 2.05) is 26.4 Å². The van der Waals surface area contributed by atoms with Crippen LogP contribution in [0.3, 0.4) is 0 Å². The molecule has 1 aromatic rings. The molecule has 0 amide bonds. The molecule has 0 aliphatic carbocycles. The van der Waals surface area contributed by atoms with Crippen LogP contribution in [0.15, 0.2) is 11.2 Å². The van der Waals surface area contributed by atoms with Gasteiger partial charge in [-0.25, -0.2) is 4.98 Å². The Hall–Kier alpha value is -1.68. The molecular weight excluding hydrogens is 248 g/mol. The summed E-state index contributed by atoms with van der Waals surface area (Å²) in [6.45, 7) is 2.80. The smallest absolute Gasteiger partial charge is 0.204 e. The van der Waals surface area contributed by atoms with Crippen molar-refractivity contribution >= 4 is 17.7 Å². The van der Waals surface area contributed by atoms with Gasteiger partial charge < -0.3 is 9.88 Å². The number of nitriles is 1. The Bertz CT molecular complexity index is 445. The van der Waals surface area contributed by atoms with E-state index in [-0.39, 0.29) is 0 Å². The van der Waals surface area contributed by atoms with Crippen molar-refractivity contribution in [2.45, 2.75) is 12.7 Å². The molecule has 0 atom stereocenters. The molecule has 0 saturated carbocycles. The number of rotatable bonds is 5. The van der Waals surface area contributed by atoms with Gasteiger partial charge in [0.2, 0.25) is 5.96 Å². The summed E-state index contributed by atoms with van der Waals surface area (Å²) in [6, 6.07) is 0. The van der Waals surface area contributed by atoms with Gasteiger partial charge in [0, 0.05) is 38.3 Å². The van der Waals surface area contributed by atoms with Crippen molar-refractivity contribution in [2.24, 2.45) is 12.0 Å². The van der Waals surface area contributed by atoms with Crippen LogP contribution in [0.2, 0.25) is 0 Å². The molecule has 6 nitrogen and oxygen atoms in total. The maximum Gasteiger partial charge on any atom is 0.204 e. The third kappa shape index (κ3) is 4.30. The largest absolute Gasteiger partial charge is 0.355 e.